The number of nitrogens with one attached hydrogen (secondary N) is 3. The maximum absolute atomic E-state index is 14.1. The molecule has 3 aromatic carbocycles. The highest BCUT2D eigenvalue weighted by molar-refractivity contribution is 6.30. The number of amides is 4. The van der Waals surface area contributed by atoms with Crippen LogP contribution in [0.25, 0.3) is 0 Å². The molecule has 7 nitrogen and oxygen atoms in total. The molecular formula is C32H37ClN4O3. The predicted molar refractivity (Wildman–Crippen MR) is 161 cm³/mol. The molecule has 0 aromatic heterocycles. The summed E-state index contributed by atoms with van der Waals surface area (Å²) >= 11 is 6.18. The summed E-state index contributed by atoms with van der Waals surface area (Å²) in [5, 5.41) is 9.34. The van der Waals surface area contributed by atoms with E-state index in [-0.39, 0.29) is 24.3 Å². The van der Waals surface area contributed by atoms with E-state index in [2.05, 4.69) is 16.0 Å². The number of rotatable bonds is 6. The molecule has 1 heterocycles. The number of nitrogens with zero attached hydrogens (tertiary/aromatic N) is 1. The quantitative estimate of drug-likeness (QED) is 0.336. The van der Waals surface area contributed by atoms with Crippen molar-refractivity contribution >= 4 is 40.8 Å². The minimum Gasteiger partial charge on any atom is -0.350 e. The van der Waals surface area contributed by atoms with E-state index in [1.54, 1.807) is 0 Å². The Kier molecular flexibility index (Phi) is 8.84. The SMILES string of the molecule is CCc1cccc(NC(=O)NC2CC(c3ccc(Cl)cc3)c3ccc(C)cc3N(CC(=O)NC(C)(C)C)C2=O)c1. The lowest BCUT2D eigenvalue weighted by atomic mass is 9.85. The van der Waals surface area contributed by atoms with Crippen LogP contribution in [0.5, 0.6) is 0 Å². The number of hydrogen-bond acceptors (Lipinski definition) is 3. The summed E-state index contributed by atoms with van der Waals surface area (Å²) < 4.78 is 0. The van der Waals surface area contributed by atoms with Crippen molar-refractivity contribution in [1.29, 1.82) is 0 Å². The van der Waals surface area contributed by atoms with Gasteiger partial charge in [0.15, 0.2) is 0 Å². The Morgan fingerprint density at radius 1 is 1.02 bits per heavy atom. The van der Waals surface area contributed by atoms with Gasteiger partial charge in [0.05, 0.1) is 0 Å². The molecule has 0 bridgehead atoms. The van der Waals surface area contributed by atoms with Crippen LogP contribution < -0.4 is 20.9 Å². The first kappa shape index (κ1) is 29.2. The largest absolute Gasteiger partial charge is 0.350 e. The number of fused-ring (bicyclic) bond motifs is 1. The topological polar surface area (TPSA) is 90.5 Å². The zero-order valence-corrected chi connectivity index (χ0v) is 24.4. The summed E-state index contributed by atoms with van der Waals surface area (Å²) in [6.07, 6.45) is 1.15. The summed E-state index contributed by atoms with van der Waals surface area (Å²) in [4.78, 5) is 41.9. The van der Waals surface area contributed by atoms with Crippen LogP contribution >= 0.6 is 11.6 Å². The van der Waals surface area contributed by atoms with Crippen LogP contribution in [0.3, 0.4) is 0 Å². The van der Waals surface area contributed by atoms with E-state index in [0.29, 0.717) is 22.8 Å². The molecule has 2 atom stereocenters. The number of carbonyl (C=O) groups excluding carboxylic acids is 3. The molecule has 3 N–H and O–H groups in total. The Balaban J connectivity index is 1.72. The first-order chi connectivity index (χ1) is 18.9. The van der Waals surface area contributed by atoms with Crippen LogP contribution in [0, 0.1) is 6.92 Å². The molecule has 8 heteroatoms. The van der Waals surface area contributed by atoms with Gasteiger partial charge >= 0.3 is 6.03 Å². The summed E-state index contributed by atoms with van der Waals surface area (Å²) in [5.41, 5.74) is 4.77. The van der Waals surface area contributed by atoms with Crippen LogP contribution in [0.4, 0.5) is 16.2 Å². The Morgan fingerprint density at radius 3 is 2.42 bits per heavy atom. The highest BCUT2D eigenvalue weighted by Crippen LogP contribution is 2.40. The number of aryl methyl sites for hydroxylation is 2. The molecule has 0 aliphatic carbocycles. The fourth-order valence-corrected chi connectivity index (χ4v) is 5.17. The van der Waals surface area contributed by atoms with E-state index in [1.165, 1.54) is 4.90 Å². The van der Waals surface area contributed by atoms with Crippen LogP contribution in [0.2, 0.25) is 5.02 Å². The van der Waals surface area contributed by atoms with Crippen molar-refractivity contribution < 1.29 is 14.4 Å². The number of hydrogen-bond donors (Lipinski definition) is 3. The normalized spacial score (nSPS) is 17.1. The van der Waals surface area contributed by atoms with Gasteiger partial charge in [-0.1, -0.05) is 54.9 Å². The first-order valence-corrected chi connectivity index (χ1v) is 14.0. The van der Waals surface area contributed by atoms with Gasteiger partial charge in [0.2, 0.25) is 11.8 Å². The maximum Gasteiger partial charge on any atom is 0.319 e. The van der Waals surface area contributed by atoms with Gasteiger partial charge in [-0.2, -0.15) is 0 Å². The van der Waals surface area contributed by atoms with Crippen molar-refractivity contribution in [2.75, 3.05) is 16.8 Å². The third-order valence-corrected chi connectivity index (χ3v) is 7.13. The van der Waals surface area contributed by atoms with E-state index in [1.807, 2.05) is 101 Å². The lowest BCUT2D eigenvalue weighted by Crippen LogP contribution is -2.53. The summed E-state index contributed by atoms with van der Waals surface area (Å²) in [5.74, 6) is -0.844. The predicted octanol–water partition coefficient (Wildman–Crippen LogP) is 6.18. The van der Waals surface area contributed by atoms with Gasteiger partial charge in [-0.3, -0.25) is 9.59 Å². The molecule has 4 amide bonds. The van der Waals surface area contributed by atoms with Gasteiger partial charge < -0.3 is 20.9 Å². The molecule has 0 saturated heterocycles. The van der Waals surface area contributed by atoms with Gasteiger partial charge in [-0.15, -0.1) is 0 Å². The smallest absolute Gasteiger partial charge is 0.319 e. The van der Waals surface area contributed by atoms with E-state index in [9.17, 15) is 14.4 Å². The molecule has 40 heavy (non-hydrogen) atoms. The standard InChI is InChI=1S/C32H37ClN4O3/c1-6-21-8-7-9-24(17-21)34-31(40)35-27-18-26(22-11-13-23(33)14-12-22)25-15-10-20(2)16-28(25)37(30(27)39)19-29(38)36-32(3,4)5/h7-17,26-27H,6,18-19H2,1-5H3,(H,36,38)(H2,34,35,40). The van der Waals surface area contributed by atoms with Crippen LogP contribution in [-0.4, -0.2) is 36.0 Å². The van der Waals surface area contributed by atoms with Gasteiger partial charge in [0.1, 0.15) is 12.6 Å². The zero-order valence-electron chi connectivity index (χ0n) is 23.7. The monoisotopic (exact) mass is 560 g/mol. The summed E-state index contributed by atoms with van der Waals surface area (Å²) in [6.45, 7) is 9.51. The van der Waals surface area contributed by atoms with Crippen molar-refractivity contribution in [1.82, 2.24) is 10.6 Å². The fourth-order valence-electron chi connectivity index (χ4n) is 5.04. The number of halogens is 1. The Morgan fingerprint density at radius 2 is 1.75 bits per heavy atom. The van der Waals surface area contributed by atoms with Crippen LogP contribution in [0.15, 0.2) is 66.7 Å². The molecule has 0 spiro atoms. The number of urea groups is 1. The molecule has 3 aromatic rings. The minimum atomic E-state index is -0.884. The second-order valence-electron chi connectivity index (χ2n) is 11.3. The lowest BCUT2D eigenvalue weighted by Gasteiger charge is -2.28. The zero-order chi connectivity index (χ0) is 29.0. The van der Waals surface area contributed by atoms with Crippen molar-refractivity contribution in [3.63, 3.8) is 0 Å². The average molecular weight is 561 g/mol. The van der Waals surface area contributed by atoms with Crippen molar-refractivity contribution in [3.8, 4) is 0 Å². The Hall–Kier alpha value is -3.84. The van der Waals surface area contributed by atoms with Gasteiger partial charge in [0.25, 0.3) is 0 Å². The molecule has 0 fully saturated rings. The molecule has 0 radical (unpaired) electrons. The van der Waals surface area contributed by atoms with Gasteiger partial charge in [-0.05, 0) is 93.1 Å². The highest BCUT2D eigenvalue weighted by Gasteiger charge is 2.37. The second-order valence-corrected chi connectivity index (χ2v) is 11.8. The average Bonchev–Trinajstić information content (AvgIpc) is 2.98. The minimum absolute atomic E-state index is 0.168. The third-order valence-electron chi connectivity index (χ3n) is 6.87. The Labute approximate surface area is 241 Å². The third kappa shape index (κ3) is 7.21. The van der Waals surface area contributed by atoms with Crippen molar-refractivity contribution in [3.05, 3.63) is 94.0 Å². The molecule has 210 valence electrons. The maximum atomic E-state index is 14.1. The molecular weight excluding hydrogens is 524 g/mol. The number of anilines is 2. The van der Waals surface area contributed by atoms with Gasteiger partial charge in [-0.25, -0.2) is 4.79 Å². The molecule has 2 unspecified atom stereocenters. The molecule has 4 rings (SSSR count). The van der Waals surface area contributed by atoms with E-state index in [0.717, 1.165) is 28.7 Å². The first-order valence-electron chi connectivity index (χ1n) is 13.6. The van der Waals surface area contributed by atoms with Gasteiger partial charge in [0, 0.05) is 27.9 Å². The molecule has 0 saturated carbocycles. The van der Waals surface area contributed by atoms with Crippen molar-refractivity contribution in [2.24, 2.45) is 0 Å². The van der Waals surface area contributed by atoms with Crippen LogP contribution in [0.1, 0.15) is 62.3 Å². The van der Waals surface area contributed by atoms with E-state index in [4.69, 9.17) is 11.6 Å². The fraction of sp³-hybridized carbons (Fsp3) is 0.344. The highest BCUT2D eigenvalue weighted by atomic mass is 35.5. The Bertz CT molecular complexity index is 1400. The molecule has 1 aliphatic rings. The van der Waals surface area contributed by atoms with E-state index < -0.39 is 17.6 Å². The molecule has 1 aliphatic heterocycles. The number of benzene rings is 3. The van der Waals surface area contributed by atoms with Crippen LogP contribution in [-0.2, 0) is 16.0 Å². The number of carbonyl (C=O) groups is 3. The summed E-state index contributed by atoms with van der Waals surface area (Å²) in [6, 6.07) is 19.7. The summed E-state index contributed by atoms with van der Waals surface area (Å²) in [7, 11) is 0. The lowest BCUT2D eigenvalue weighted by molar-refractivity contribution is -0.125. The van der Waals surface area contributed by atoms with Crippen molar-refractivity contribution in [2.45, 2.75) is 65.0 Å². The second kappa shape index (κ2) is 12.1. The van der Waals surface area contributed by atoms with E-state index >= 15 is 0 Å².